The minimum atomic E-state index is -4.16. The topological polar surface area (TPSA) is 86.8 Å². The number of anilines is 1. The molecule has 0 saturated heterocycles. The van der Waals surface area contributed by atoms with E-state index in [1.807, 2.05) is 6.92 Å². The Hall–Kier alpha value is -3.07. The molecule has 0 aromatic heterocycles. The molecule has 1 unspecified atom stereocenters. The minimum Gasteiger partial charge on any atom is -0.357 e. The molecular weight excluding hydrogens is 533 g/mol. The van der Waals surface area contributed by atoms with Crippen LogP contribution in [-0.4, -0.2) is 44.8 Å². The van der Waals surface area contributed by atoms with E-state index in [1.54, 1.807) is 68.4 Å². The fraction of sp³-hybridized carbons (Fsp3) is 0.259. The maximum atomic E-state index is 13.8. The van der Waals surface area contributed by atoms with Crippen LogP contribution in [0.25, 0.3) is 0 Å². The summed E-state index contributed by atoms with van der Waals surface area (Å²) in [6.45, 7) is 4.65. The number of hydrogen-bond acceptors (Lipinski definition) is 4. The first-order valence-corrected chi connectivity index (χ1v) is 13.7. The fourth-order valence-electron chi connectivity index (χ4n) is 3.84. The highest BCUT2D eigenvalue weighted by Crippen LogP contribution is 2.31. The van der Waals surface area contributed by atoms with Crippen LogP contribution in [0.15, 0.2) is 71.6 Å². The Morgan fingerprint density at radius 2 is 1.62 bits per heavy atom. The average molecular weight is 563 g/mol. The standard InChI is InChI=1S/C27H29Cl2N3O4S/c1-18-11-13-23(14-12-18)37(35,36)32(25-10-6-9-24(29)19(25)2)17-26(33)31(20(3)27(34)30-4)16-21-7-5-8-22(28)15-21/h5-15,20H,16-17H2,1-4H3,(H,30,34). The Morgan fingerprint density at radius 3 is 2.24 bits per heavy atom. The van der Waals surface area contributed by atoms with E-state index in [0.29, 0.717) is 21.2 Å². The molecule has 0 bridgehead atoms. The lowest BCUT2D eigenvalue weighted by molar-refractivity contribution is -0.139. The second-order valence-corrected chi connectivity index (χ2v) is 11.4. The molecule has 0 spiro atoms. The first-order valence-electron chi connectivity index (χ1n) is 11.6. The molecule has 0 heterocycles. The predicted molar refractivity (Wildman–Crippen MR) is 147 cm³/mol. The van der Waals surface area contributed by atoms with Crippen LogP contribution >= 0.6 is 23.2 Å². The van der Waals surface area contributed by atoms with Gasteiger partial charge < -0.3 is 10.2 Å². The van der Waals surface area contributed by atoms with Crippen molar-refractivity contribution in [1.29, 1.82) is 0 Å². The van der Waals surface area contributed by atoms with Crippen LogP contribution in [0.4, 0.5) is 5.69 Å². The highest BCUT2D eigenvalue weighted by Gasteiger charge is 2.33. The highest BCUT2D eigenvalue weighted by atomic mass is 35.5. The molecule has 0 fully saturated rings. The summed E-state index contributed by atoms with van der Waals surface area (Å²) in [6, 6.07) is 17.3. The van der Waals surface area contributed by atoms with Gasteiger partial charge in [-0.3, -0.25) is 13.9 Å². The number of carbonyl (C=O) groups is 2. The summed E-state index contributed by atoms with van der Waals surface area (Å²) in [7, 11) is -2.69. The van der Waals surface area contributed by atoms with Crippen LogP contribution in [0.3, 0.4) is 0 Å². The molecule has 0 aliphatic carbocycles. The Labute approximate surface area is 228 Å². The van der Waals surface area contributed by atoms with Gasteiger partial charge in [-0.2, -0.15) is 0 Å². The van der Waals surface area contributed by atoms with Gasteiger partial charge in [0.15, 0.2) is 0 Å². The molecule has 1 atom stereocenters. The lowest BCUT2D eigenvalue weighted by Crippen LogP contribution is -2.50. The number of nitrogens with zero attached hydrogens (tertiary/aromatic N) is 2. The molecule has 196 valence electrons. The third kappa shape index (κ3) is 6.63. The Bertz CT molecular complexity index is 1400. The van der Waals surface area contributed by atoms with Gasteiger partial charge >= 0.3 is 0 Å². The van der Waals surface area contributed by atoms with E-state index in [-0.39, 0.29) is 23.0 Å². The van der Waals surface area contributed by atoms with Crippen LogP contribution in [0.2, 0.25) is 10.0 Å². The quantitative estimate of drug-likeness (QED) is 0.399. The van der Waals surface area contributed by atoms with Gasteiger partial charge in [0.1, 0.15) is 12.6 Å². The van der Waals surface area contributed by atoms with E-state index >= 15 is 0 Å². The normalized spacial score (nSPS) is 12.1. The number of sulfonamides is 1. The summed E-state index contributed by atoms with van der Waals surface area (Å²) >= 11 is 12.5. The van der Waals surface area contributed by atoms with Gasteiger partial charge in [-0.1, -0.05) is 59.1 Å². The van der Waals surface area contributed by atoms with Crippen LogP contribution in [0.1, 0.15) is 23.6 Å². The van der Waals surface area contributed by atoms with Gasteiger partial charge in [-0.05, 0) is 68.3 Å². The van der Waals surface area contributed by atoms with Crippen molar-refractivity contribution < 1.29 is 18.0 Å². The monoisotopic (exact) mass is 561 g/mol. The molecule has 0 aliphatic heterocycles. The molecular formula is C27H29Cl2N3O4S. The fourth-order valence-corrected chi connectivity index (χ4v) is 5.69. The smallest absolute Gasteiger partial charge is 0.264 e. The molecule has 3 rings (SSSR count). The van der Waals surface area contributed by atoms with Gasteiger partial charge in [0, 0.05) is 23.6 Å². The highest BCUT2D eigenvalue weighted by molar-refractivity contribution is 7.92. The Balaban J connectivity index is 2.08. The maximum Gasteiger partial charge on any atom is 0.264 e. The molecule has 37 heavy (non-hydrogen) atoms. The predicted octanol–water partition coefficient (Wildman–Crippen LogP) is 4.97. The van der Waals surface area contributed by atoms with E-state index < -0.39 is 28.5 Å². The van der Waals surface area contributed by atoms with Crippen LogP contribution in [0.5, 0.6) is 0 Å². The van der Waals surface area contributed by atoms with E-state index in [0.717, 1.165) is 9.87 Å². The minimum absolute atomic E-state index is 0.0333. The Morgan fingerprint density at radius 1 is 0.973 bits per heavy atom. The van der Waals surface area contributed by atoms with Gasteiger partial charge in [0.05, 0.1) is 10.6 Å². The van der Waals surface area contributed by atoms with E-state index in [2.05, 4.69) is 5.32 Å². The van der Waals surface area contributed by atoms with Crippen molar-refractivity contribution in [3.8, 4) is 0 Å². The van der Waals surface area contributed by atoms with Gasteiger partial charge in [0.2, 0.25) is 11.8 Å². The van der Waals surface area contributed by atoms with Gasteiger partial charge in [-0.15, -0.1) is 0 Å². The molecule has 0 aliphatic rings. The van der Waals surface area contributed by atoms with Crippen molar-refractivity contribution >= 4 is 50.7 Å². The third-order valence-corrected chi connectivity index (χ3v) is 8.47. The summed E-state index contributed by atoms with van der Waals surface area (Å²) in [4.78, 5) is 27.7. The van der Waals surface area contributed by atoms with E-state index in [4.69, 9.17) is 23.2 Å². The van der Waals surface area contributed by atoms with Crippen LogP contribution < -0.4 is 9.62 Å². The van der Waals surface area contributed by atoms with E-state index in [9.17, 15) is 18.0 Å². The number of rotatable bonds is 9. The third-order valence-electron chi connectivity index (χ3n) is 6.05. The number of amides is 2. The summed E-state index contributed by atoms with van der Waals surface area (Å²) < 4.78 is 28.7. The summed E-state index contributed by atoms with van der Waals surface area (Å²) in [5, 5.41) is 3.40. The zero-order chi connectivity index (χ0) is 27.3. The molecule has 0 radical (unpaired) electrons. The Kier molecular flexibility index (Phi) is 9.23. The second-order valence-electron chi connectivity index (χ2n) is 8.65. The zero-order valence-electron chi connectivity index (χ0n) is 21.0. The number of benzene rings is 3. The van der Waals surface area contributed by atoms with Gasteiger partial charge in [0.25, 0.3) is 10.0 Å². The molecule has 10 heteroatoms. The van der Waals surface area contributed by atoms with Crippen molar-refractivity contribution in [3.05, 3.63) is 93.5 Å². The molecule has 2 amide bonds. The summed E-state index contributed by atoms with van der Waals surface area (Å²) in [6.07, 6.45) is 0. The first kappa shape index (κ1) is 28.5. The van der Waals surface area contributed by atoms with Crippen molar-refractivity contribution in [2.75, 3.05) is 17.9 Å². The summed E-state index contributed by atoms with van der Waals surface area (Å²) in [5.41, 5.74) is 2.38. The van der Waals surface area contributed by atoms with Crippen molar-refractivity contribution in [1.82, 2.24) is 10.2 Å². The van der Waals surface area contributed by atoms with Gasteiger partial charge in [-0.25, -0.2) is 8.42 Å². The number of carbonyl (C=O) groups excluding carboxylic acids is 2. The summed E-state index contributed by atoms with van der Waals surface area (Å²) in [5.74, 6) is -0.951. The lowest BCUT2D eigenvalue weighted by Gasteiger charge is -2.32. The molecule has 1 N–H and O–H groups in total. The second kappa shape index (κ2) is 12.0. The van der Waals surface area contributed by atoms with Crippen LogP contribution in [0, 0.1) is 13.8 Å². The SMILES string of the molecule is CNC(=O)C(C)N(Cc1cccc(Cl)c1)C(=O)CN(c1cccc(Cl)c1C)S(=O)(=O)c1ccc(C)cc1. The first-order chi connectivity index (χ1) is 17.4. The lowest BCUT2D eigenvalue weighted by atomic mass is 10.1. The van der Waals surface area contributed by atoms with Crippen molar-refractivity contribution in [3.63, 3.8) is 0 Å². The number of hydrogen-bond donors (Lipinski definition) is 1. The number of nitrogens with one attached hydrogen (secondary N) is 1. The molecule has 3 aromatic rings. The van der Waals surface area contributed by atoms with Crippen molar-refractivity contribution in [2.45, 2.75) is 38.3 Å². The number of halogens is 2. The average Bonchev–Trinajstić information content (AvgIpc) is 2.87. The number of aryl methyl sites for hydroxylation is 1. The van der Waals surface area contributed by atoms with Crippen molar-refractivity contribution in [2.24, 2.45) is 0 Å². The number of likely N-dealkylation sites (N-methyl/N-ethyl adjacent to an activating group) is 1. The maximum absolute atomic E-state index is 13.8. The molecule has 7 nitrogen and oxygen atoms in total. The van der Waals surface area contributed by atoms with E-state index in [1.165, 1.54) is 24.1 Å². The van der Waals surface area contributed by atoms with Crippen LogP contribution in [-0.2, 0) is 26.2 Å². The molecule has 0 saturated carbocycles. The largest absolute Gasteiger partial charge is 0.357 e. The zero-order valence-corrected chi connectivity index (χ0v) is 23.4. The molecule has 3 aromatic carbocycles.